The molecule has 1 heterocycles. The van der Waals surface area contributed by atoms with Crippen LogP contribution in [0.4, 0.5) is 0 Å². The Morgan fingerprint density at radius 1 is 1.00 bits per heavy atom. The summed E-state index contributed by atoms with van der Waals surface area (Å²) in [7, 11) is 2.14. The Hall–Kier alpha value is -1.43. The standard InChI is InChI=1S/C24H41N3O2/c1-3-4-5-6-7-8-12-15-23(28)25-22(20-27-18-16-26(2)17-19-27)24(29)21-13-10-9-11-14-21/h9-11,13-14,22,24,29H,3-8,12,15-20H2,1-2H3,(H,25,28)/t22-,24-/m0/s1. The average molecular weight is 404 g/mol. The van der Waals surface area contributed by atoms with E-state index < -0.39 is 6.10 Å². The van der Waals surface area contributed by atoms with Crippen molar-refractivity contribution in [2.45, 2.75) is 70.4 Å². The summed E-state index contributed by atoms with van der Waals surface area (Å²) >= 11 is 0. The normalized spacial score (nSPS) is 17.8. The molecule has 0 radical (unpaired) electrons. The molecule has 29 heavy (non-hydrogen) atoms. The lowest BCUT2D eigenvalue weighted by Crippen LogP contribution is -2.52. The topological polar surface area (TPSA) is 55.8 Å². The summed E-state index contributed by atoms with van der Waals surface area (Å²) in [5, 5.41) is 14.1. The number of carbonyl (C=O) groups is 1. The zero-order valence-corrected chi connectivity index (χ0v) is 18.5. The van der Waals surface area contributed by atoms with Crippen LogP contribution in [0.3, 0.4) is 0 Å². The Kier molecular flexibility index (Phi) is 11.3. The number of hydrogen-bond donors (Lipinski definition) is 2. The van der Waals surface area contributed by atoms with Gasteiger partial charge in [-0.1, -0.05) is 75.8 Å². The van der Waals surface area contributed by atoms with Crippen molar-refractivity contribution >= 4 is 5.91 Å². The highest BCUT2D eigenvalue weighted by Crippen LogP contribution is 2.18. The van der Waals surface area contributed by atoms with E-state index >= 15 is 0 Å². The maximum atomic E-state index is 12.6. The number of aliphatic hydroxyl groups excluding tert-OH is 1. The van der Waals surface area contributed by atoms with E-state index in [0.717, 1.165) is 44.6 Å². The van der Waals surface area contributed by atoms with E-state index in [0.29, 0.717) is 13.0 Å². The Bertz CT molecular complexity index is 559. The number of nitrogens with zero attached hydrogens (tertiary/aromatic N) is 2. The molecule has 2 rings (SSSR count). The number of amides is 1. The molecule has 1 aromatic carbocycles. The Balaban J connectivity index is 1.83. The number of aliphatic hydroxyl groups is 1. The van der Waals surface area contributed by atoms with Crippen LogP contribution in [-0.2, 0) is 4.79 Å². The van der Waals surface area contributed by atoms with Crippen molar-refractivity contribution in [3.05, 3.63) is 35.9 Å². The number of unbranched alkanes of at least 4 members (excludes halogenated alkanes) is 6. The lowest BCUT2D eigenvalue weighted by molar-refractivity contribution is -0.123. The molecule has 1 aliphatic heterocycles. The summed E-state index contributed by atoms with van der Waals surface area (Å²) in [6.07, 6.45) is 8.27. The number of nitrogens with one attached hydrogen (secondary N) is 1. The van der Waals surface area contributed by atoms with Gasteiger partial charge >= 0.3 is 0 Å². The highest BCUT2D eigenvalue weighted by Gasteiger charge is 2.26. The summed E-state index contributed by atoms with van der Waals surface area (Å²) < 4.78 is 0. The van der Waals surface area contributed by atoms with Gasteiger partial charge in [0.2, 0.25) is 5.91 Å². The van der Waals surface area contributed by atoms with Gasteiger partial charge in [-0.05, 0) is 19.0 Å². The fourth-order valence-electron chi connectivity index (χ4n) is 3.94. The molecular weight excluding hydrogens is 362 g/mol. The number of hydrogen-bond acceptors (Lipinski definition) is 4. The Morgan fingerprint density at radius 3 is 2.28 bits per heavy atom. The smallest absolute Gasteiger partial charge is 0.220 e. The maximum Gasteiger partial charge on any atom is 0.220 e. The number of rotatable bonds is 13. The van der Waals surface area contributed by atoms with E-state index in [4.69, 9.17) is 0 Å². The van der Waals surface area contributed by atoms with E-state index in [1.54, 1.807) is 0 Å². The highest BCUT2D eigenvalue weighted by molar-refractivity contribution is 5.76. The predicted octanol–water partition coefficient (Wildman–Crippen LogP) is 3.59. The van der Waals surface area contributed by atoms with Crippen LogP contribution >= 0.6 is 0 Å². The molecule has 1 aliphatic rings. The second-order valence-electron chi connectivity index (χ2n) is 8.50. The van der Waals surface area contributed by atoms with Crippen LogP contribution in [0.1, 0.15) is 70.0 Å². The van der Waals surface area contributed by atoms with Crippen LogP contribution in [0.15, 0.2) is 30.3 Å². The average Bonchev–Trinajstić information content (AvgIpc) is 2.74. The molecule has 2 atom stereocenters. The second kappa shape index (κ2) is 13.7. The van der Waals surface area contributed by atoms with Crippen molar-refractivity contribution in [3.8, 4) is 0 Å². The Morgan fingerprint density at radius 2 is 1.62 bits per heavy atom. The first-order valence-corrected chi connectivity index (χ1v) is 11.5. The van der Waals surface area contributed by atoms with Crippen molar-refractivity contribution in [2.75, 3.05) is 39.8 Å². The van der Waals surface area contributed by atoms with E-state index in [1.165, 1.54) is 32.1 Å². The van der Waals surface area contributed by atoms with Crippen LogP contribution < -0.4 is 5.32 Å². The van der Waals surface area contributed by atoms with Crippen LogP contribution in [0, 0.1) is 0 Å². The van der Waals surface area contributed by atoms with Crippen molar-refractivity contribution in [1.82, 2.24) is 15.1 Å². The monoisotopic (exact) mass is 403 g/mol. The highest BCUT2D eigenvalue weighted by atomic mass is 16.3. The zero-order chi connectivity index (χ0) is 20.9. The van der Waals surface area contributed by atoms with Crippen LogP contribution in [-0.4, -0.2) is 66.6 Å². The zero-order valence-electron chi connectivity index (χ0n) is 18.5. The molecular formula is C24H41N3O2. The molecule has 2 N–H and O–H groups in total. The van der Waals surface area contributed by atoms with Gasteiger partial charge in [0.25, 0.3) is 0 Å². The molecule has 0 unspecified atom stereocenters. The summed E-state index contributed by atoms with van der Waals surface area (Å²) in [6.45, 7) is 6.92. The minimum atomic E-state index is -0.686. The van der Waals surface area contributed by atoms with Gasteiger partial charge in [-0.25, -0.2) is 0 Å². The molecule has 0 spiro atoms. The fourth-order valence-corrected chi connectivity index (χ4v) is 3.94. The third-order valence-electron chi connectivity index (χ3n) is 5.93. The van der Waals surface area contributed by atoms with Gasteiger partial charge < -0.3 is 15.3 Å². The molecule has 0 aromatic heterocycles. The third kappa shape index (κ3) is 9.28. The third-order valence-corrected chi connectivity index (χ3v) is 5.93. The molecule has 164 valence electrons. The van der Waals surface area contributed by atoms with E-state index in [-0.39, 0.29) is 11.9 Å². The van der Waals surface area contributed by atoms with Gasteiger partial charge in [0.15, 0.2) is 0 Å². The summed E-state index contributed by atoms with van der Waals surface area (Å²) in [5.41, 5.74) is 0.864. The number of piperazine rings is 1. The fraction of sp³-hybridized carbons (Fsp3) is 0.708. The molecule has 1 saturated heterocycles. The quantitative estimate of drug-likeness (QED) is 0.494. The summed E-state index contributed by atoms with van der Waals surface area (Å²) in [6, 6.07) is 9.41. The number of benzene rings is 1. The second-order valence-corrected chi connectivity index (χ2v) is 8.50. The van der Waals surface area contributed by atoms with Gasteiger partial charge in [0.05, 0.1) is 6.04 Å². The maximum absolute atomic E-state index is 12.6. The SMILES string of the molecule is CCCCCCCCCC(=O)N[C@@H](CN1CCN(C)CC1)[C@@H](O)c1ccccc1. The molecule has 1 fully saturated rings. The van der Waals surface area contributed by atoms with Crippen LogP contribution in [0.5, 0.6) is 0 Å². The lowest BCUT2D eigenvalue weighted by atomic mass is 10.0. The molecule has 5 heteroatoms. The minimum Gasteiger partial charge on any atom is -0.386 e. The van der Waals surface area contributed by atoms with Crippen molar-refractivity contribution in [1.29, 1.82) is 0 Å². The first-order chi connectivity index (χ1) is 14.1. The van der Waals surface area contributed by atoms with Gasteiger partial charge in [-0.3, -0.25) is 9.69 Å². The summed E-state index contributed by atoms with van der Waals surface area (Å²) in [4.78, 5) is 17.2. The van der Waals surface area contributed by atoms with Crippen LogP contribution in [0.2, 0.25) is 0 Å². The van der Waals surface area contributed by atoms with E-state index in [1.807, 2.05) is 30.3 Å². The van der Waals surface area contributed by atoms with E-state index in [2.05, 4.69) is 29.1 Å². The van der Waals surface area contributed by atoms with Gasteiger partial charge in [-0.15, -0.1) is 0 Å². The largest absolute Gasteiger partial charge is 0.386 e. The van der Waals surface area contributed by atoms with Gasteiger partial charge in [0, 0.05) is 39.1 Å². The van der Waals surface area contributed by atoms with E-state index in [9.17, 15) is 9.90 Å². The predicted molar refractivity (Wildman–Crippen MR) is 120 cm³/mol. The minimum absolute atomic E-state index is 0.0627. The molecule has 5 nitrogen and oxygen atoms in total. The van der Waals surface area contributed by atoms with Gasteiger partial charge in [-0.2, -0.15) is 0 Å². The Labute approximate surface area is 177 Å². The van der Waals surface area contributed by atoms with Gasteiger partial charge in [0.1, 0.15) is 6.10 Å². The molecule has 0 saturated carbocycles. The number of likely N-dealkylation sites (N-methyl/N-ethyl adjacent to an activating group) is 1. The first kappa shape index (κ1) is 23.8. The molecule has 0 aliphatic carbocycles. The molecule has 0 bridgehead atoms. The van der Waals surface area contributed by atoms with Crippen LogP contribution in [0.25, 0.3) is 0 Å². The molecule has 1 amide bonds. The number of carbonyl (C=O) groups excluding carboxylic acids is 1. The molecule has 1 aromatic rings. The first-order valence-electron chi connectivity index (χ1n) is 11.5. The lowest BCUT2D eigenvalue weighted by Gasteiger charge is -2.36. The van der Waals surface area contributed by atoms with Crippen molar-refractivity contribution < 1.29 is 9.90 Å². The van der Waals surface area contributed by atoms with Crippen molar-refractivity contribution in [2.24, 2.45) is 0 Å². The summed E-state index contributed by atoms with van der Waals surface area (Å²) in [5.74, 6) is 0.0627. The van der Waals surface area contributed by atoms with Crippen molar-refractivity contribution in [3.63, 3.8) is 0 Å².